The van der Waals surface area contributed by atoms with Crippen LogP contribution in [-0.4, -0.2) is 29.2 Å². The normalized spacial score (nSPS) is 16.1. The molecule has 1 aliphatic carbocycles. The molecule has 0 spiro atoms. The number of nitrogens with two attached hydrogens (primary N) is 1. The van der Waals surface area contributed by atoms with Crippen molar-refractivity contribution in [3.8, 4) is 5.75 Å². The van der Waals surface area contributed by atoms with Crippen molar-refractivity contribution in [3.63, 3.8) is 0 Å². The van der Waals surface area contributed by atoms with Crippen molar-refractivity contribution in [1.82, 2.24) is 0 Å². The topological polar surface area (TPSA) is 116 Å². The van der Waals surface area contributed by atoms with E-state index in [0.29, 0.717) is 5.75 Å². The molecule has 1 aromatic carbocycles. The van der Waals surface area contributed by atoms with Crippen LogP contribution >= 0.6 is 0 Å². The molecule has 0 atom stereocenters. The fourth-order valence-electron chi connectivity index (χ4n) is 1.43. The number of primary sulfonamides is 1. The smallest absolute Gasteiger partial charge is 0.238 e. The van der Waals surface area contributed by atoms with Crippen LogP contribution in [0.3, 0.4) is 0 Å². The fourth-order valence-corrected chi connectivity index (χ4v) is 2.53. The molecule has 0 bridgehead atoms. The summed E-state index contributed by atoms with van der Waals surface area (Å²) in [6.07, 6.45) is 2.82. The van der Waals surface area contributed by atoms with Crippen molar-refractivity contribution in [2.75, 3.05) is 11.0 Å². The summed E-state index contributed by atoms with van der Waals surface area (Å²) in [5.74, 6) is 0.292. The van der Waals surface area contributed by atoms with E-state index in [0.717, 1.165) is 25.2 Å². The average molecular weight is 306 g/mol. The van der Waals surface area contributed by atoms with E-state index in [-0.39, 0.29) is 16.7 Å². The van der Waals surface area contributed by atoms with Crippen molar-refractivity contribution in [1.29, 1.82) is 0 Å². The number of anilines is 1. The average Bonchev–Trinajstić information content (AvgIpc) is 3.00. The van der Waals surface area contributed by atoms with E-state index < -0.39 is 20.0 Å². The largest absolute Gasteiger partial charge is 0.488 e. The molecule has 0 unspecified atom stereocenters. The molecule has 7 nitrogen and oxygen atoms in total. The molecule has 0 amide bonds. The van der Waals surface area contributed by atoms with Gasteiger partial charge in [-0.05, 0) is 31.0 Å². The van der Waals surface area contributed by atoms with Gasteiger partial charge >= 0.3 is 0 Å². The summed E-state index contributed by atoms with van der Waals surface area (Å²) in [6, 6.07) is 3.82. The Hall–Kier alpha value is -1.32. The van der Waals surface area contributed by atoms with Crippen molar-refractivity contribution in [2.24, 2.45) is 5.14 Å². The predicted molar refractivity (Wildman–Crippen MR) is 69.9 cm³/mol. The van der Waals surface area contributed by atoms with Crippen LogP contribution < -0.4 is 14.6 Å². The predicted octanol–water partition coefficient (Wildman–Crippen LogP) is 0.247. The van der Waals surface area contributed by atoms with E-state index in [1.165, 1.54) is 12.1 Å². The first-order chi connectivity index (χ1) is 8.65. The van der Waals surface area contributed by atoms with Crippen molar-refractivity contribution in [2.45, 2.75) is 23.8 Å². The molecule has 9 heteroatoms. The number of sulfonamides is 2. The molecule has 0 aromatic heterocycles. The third kappa shape index (κ3) is 4.08. The first-order valence-electron chi connectivity index (χ1n) is 5.46. The maximum absolute atomic E-state index is 11.3. The number of rotatable bonds is 5. The van der Waals surface area contributed by atoms with E-state index in [1.807, 2.05) is 0 Å². The Morgan fingerprint density at radius 2 is 1.89 bits per heavy atom. The van der Waals surface area contributed by atoms with E-state index in [2.05, 4.69) is 4.72 Å². The lowest BCUT2D eigenvalue weighted by Gasteiger charge is -2.12. The lowest BCUT2D eigenvalue weighted by Crippen LogP contribution is -2.15. The Labute approximate surface area is 111 Å². The Bertz CT molecular complexity index is 693. The zero-order valence-corrected chi connectivity index (χ0v) is 11.8. The van der Waals surface area contributed by atoms with Gasteiger partial charge in [0.15, 0.2) is 0 Å². The van der Waals surface area contributed by atoms with Gasteiger partial charge in [-0.2, -0.15) is 0 Å². The maximum Gasteiger partial charge on any atom is 0.238 e. The SMILES string of the molecule is CS(=O)(=O)Nc1cc(S(N)(=O)=O)ccc1OC1CC1. The van der Waals surface area contributed by atoms with Crippen molar-refractivity contribution in [3.05, 3.63) is 18.2 Å². The third-order valence-corrected chi connectivity index (χ3v) is 3.89. The molecular weight excluding hydrogens is 292 g/mol. The minimum Gasteiger partial charge on any atom is -0.488 e. The molecule has 3 N–H and O–H groups in total. The molecule has 106 valence electrons. The highest BCUT2D eigenvalue weighted by Gasteiger charge is 2.25. The van der Waals surface area contributed by atoms with Crippen LogP contribution in [0.1, 0.15) is 12.8 Å². The summed E-state index contributed by atoms with van der Waals surface area (Å²) in [6.45, 7) is 0. The summed E-state index contributed by atoms with van der Waals surface area (Å²) < 4.78 is 52.8. The van der Waals surface area contributed by atoms with Gasteiger partial charge in [0, 0.05) is 0 Å². The summed E-state index contributed by atoms with van der Waals surface area (Å²) in [5.41, 5.74) is 0.0703. The highest BCUT2D eigenvalue weighted by atomic mass is 32.2. The summed E-state index contributed by atoms with van der Waals surface area (Å²) in [4.78, 5) is -0.179. The quantitative estimate of drug-likeness (QED) is 0.809. The molecule has 0 radical (unpaired) electrons. The standard InChI is InChI=1S/C10H14N2O5S2/c1-18(13,14)12-9-6-8(19(11,15)16)4-5-10(9)17-7-2-3-7/h4-7,12H,2-3H2,1H3,(H2,11,15,16). The van der Waals surface area contributed by atoms with Gasteiger partial charge in [-0.1, -0.05) is 0 Å². The molecule has 19 heavy (non-hydrogen) atoms. The number of benzene rings is 1. The number of hydrogen-bond donors (Lipinski definition) is 2. The molecule has 0 heterocycles. The van der Waals surface area contributed by atoms with Gasteiger partial charge in [0.25, 0.3) is 0 Å². The van der Waals surface area contributed by atoms with E-state index >= 15 is 0 Å². The molecule has 0 saturated heterocycles. The summed E-state index contributed by atoms with van der Waals surface area (Å²) in [5, 5.41) is 5.01. The van der Waals surface area contributed by atoms with Crippen molar-refractivity contribution >= 4 is 25.7 Å². The zero-order valence-electron chi connectivity index (χ0n) is 10.2. The second-order valence-corrected chi connectivity index (χ2v) is 7.70. The minimum atomic E-state index is -3.90. The van der Waals surface area contributed by atoms with Crippen LogP contribution in [0, 0.1) is 0 Å². The lowest BCUT2D eigenvalue weighted by molar-refractivity contribution is 0.304. The van der Waals surface area contributed by atoms with Crippen molar-refractivity contribution < 1.29 is 21.6 Å². The van der Waals surface area contributed by atoms with Gasteiger partial charge < -0.3 is 4.74 Å². The summed E-state index contributed by atoms with van der Waals surface area (Å²) >= 11 is 0. The van der Waals surface area contributed by atoms with Crippen LogP contribution in [0.25, 0.3) is 0 Å². The van der Waals surface area contributed by atoms with E-state index in [1.54, 1.807) is 0 Å². The van der Waals surface area contributed by atoms with Gasteiger partial charge in [-0.15, -0.1) is 0 Å². The first-order valence-corrected chi connectivity index (χ1v) is 8.90. The van der Waals surface area contributed by atoms with Crippen LogP contribution in [0.2, 0.25) is 0 Å². The van der Waals surface area contributed by atoms with Gasteiger partial charge in [-0.3, -0.25) is 4.72 Å². The zero-order chi connectivity index (χ0) is 14.3. The number of ether oxygens (including phenoxy) is 1. The second kappa shape index (κ2) is 4.66. The monoisotopic (exact) mass is 306 g/mol. The third-order valence-electron chi connectivity index (χ3n) is 2.39. The molecule has 1 aromatic rings. The Morgan fingerprint density at radius 3 is 2.37 bits per heavy atom. The molecule has 0 aliphatic heterocycles. The molecule has 1 fully saturated rings. The van der Waals surface area contributed by atoms with Gasteiger partial charge in [0.05, 0.1) is 22.9 Å². The molecule has 2 rings (SSSR count). The highest BCUT2D eigenvalue weighted by molar-refractivity contribution is 7.92. The van der Waals surface area contributed by atoms with Crippen LogP contribution in [-0.2, 0) is 20.0 Å². The second-order valence-electron chi connectivity index (χ2n) is 4.39. The minimum absolute atomic E-state index is 0.0560. The summed E-state index contributed by atoms with van der Waals surface area (Å²) in [7, 11) is -7.44. The van der Waals surface area contributed by atoms with Crippen LogP contribution in [0.4, 0.5) is 5.69 Å². The molecular formula is C10H14N2O5S2. The van der Waals surface area contributed by atoms with Gasteiger partial charge in [0.2, 0.25) is 20.0 Å². The number of hydrogen-bond acceptors (Lipinski definition) is 5. The molecule has 1 saturated carbocycles. The van der Waals surface area contributed by atoms with E-state index in [4.69, 9.17) is 9.88 Å². The van der Waals surface area contributed by atoms with E-state index in [9.17, 15) is 16.8 Å². The first kappa shape index (κ1) is 14.1. The van der Waals surface area contributed by atoms with Gasteiger partial charge in [0.1, 0.15) is 5.75 Å². The van der Waals surface area contributed by atoms with Crippen LogP contribution in [0.15, 0.2) is 23.1 Å². The Kier molecular flexibility index (Phi) is 3.45. The fraction of sp³-hybridized carbons (Fsp3) is 0.400. The van der Waals surface area contributed by atoms with Gasteiger partial charge in [-0.25, -0.2) is 22.0 Å². The Morgan fingerprint density at radius 1 is 1.26 bits per heavy atom. The van der Waals surface area contributed by atoms with Crippen LogP contribution in [0.5, 0.6) is 5.75 Å². The maximum atomic E-state index is 11.3. The highest BCUT2D eigenvalue weighted by Crippen LogP contribution is 2.33. The molecule has 1 aliphatic rings. The lowest BCUT2D eigenvalue weighted by atomic mass is 10.3. The Balaban J connectivity index is 2.42. The number of nitrogens with one attached hydrogen (secondary N) is 1.